The molecule has 2 rings (SSSR count). The van der Waals surface area contributed by atoms with Crippen molar-refractivity contribution in [1.29, 1.82) is 0 Å². The van der Waals surface area contributed by atoms with Gasteiger partial charge < -0.3 is 10.2 Å². The first-order chi connectivity index (χ1) is 8.61. The molecule has 1 aliphatic heterocycles. The van der Waals surface area contributed by atoms with Crippen LogP contribution in [0.1, 0.15) is 40.0 Å². The fourth-order valence-electron chi connectivity index (χ4n) is 3.61. The van der Waals surface area contributed by atoms with Crippen molar-refractivity contribution < 1.29 is 0 Å². The number of hydrogen-bond donors (Lipinski definition) is 1. The minimum absolute atomic E-state index is 0.721. The summed E-state index contributed by atoms with van der Waals surface area (Å²) in [5, 5.41) is 4.63. The van der Waals surface area contributed by atoms with Gasteiger partial charge in [0.1, 0.15) is 0 Å². The van der Waals surface area contributed by atoms with Crippen LogP contribution in [0, 0.1) is 11.8 Å². The van der Waals surface area contributed by atoms with Crippen molar-refractivity contribution in [3.8, 4) is 0 Å². The zero-order valence-corrected chi connectivity index (χ0v) is 13.3. The number of rotatable bonds is 5. The van der Waals surface area contributed by atoms with E-state index in [9.17, 15) is 0 Å². The first-order valence-corrected chi connectivity index (χ1v) is 8.90. The number of piperidine rings is 1. The third kappa shape index (κ3) is 3.43. The van der Waals surface area contributed by atoms with Gasteiger partial charge in [-0.05, 0) is 44.8 Å². The van der Waals surface area contributed by atoms with Crippen LogP contribution in [0.2, 0.25) is 0 Å². The lowest BCUT2D eigenvalue weighted by molar-refractivity contribution is 0.0300. The molecule has 0 spiro atoms. The Hall–Kier alpha value is 0.270. The third-order valence-corrected chi connectivity index (χ3v) is 5.85. The molecule has 3 unspecified atom stereocenters. The summed E-state index contributed by atoms with van der Waals surface area (Å²) < 4.78 is 0. The van der Waals surface area contributed by atoms with Gasteiger partial charge in [0, 0.05) is 37.0 Å². The standard InChI is InChI=1S/C15H30N2S/c1-11(2)17-9-13-6-5-7-14(10-17)15(13)16-8-12(3)18-4/h11-16H,5-10H2,1-4H3. The molecule has 0 amide bonds. The van der Waals surface area contributed by atoms with Gasteiger partial charge in [0.2, 0.25) is 0 Å². The molecule has 3 heteroatoms. The molecular formula is C15H30N2S. The average molecular weight is 270 g/mol. The fourth-order valence-corrected chi connectivity index (χ4v) is 3.88. The smallest absolute Gasteiger partial charge is 0.0148 e. The van der Waals surface area contributed by atoms with E-state index in [1.807, 2.05) is 11.8 Å². The summed E-state index contributed by atoms with van der Waals surface area (Å²) in [7, 11) is 0. The van der Waals surface area contributed by atoms with Crippen LogP contribution < -0.4 is 5.32 Å². The van der Waals surface area contributed by atoms with E-state index in [1.54, 1.807) is 0 Å². The van der Waals surface area contributed by atoms with Crippen LogP contribution in [0.5, 0.6) is 0 Å². The predicted molar refractivity (Wildman–Crippen MR) is 82.3 cm³/mol. The van der Waals surface area contributed by atoms with Crippen LogP contribution in [-0.2, 0) is 0 Å². The minimum atomic E-state index is 0.721. The van der Waals surface area contributed by atoms with Crippen LogP contribution in [0.3, 0.4) is 0 Å². The second-order valence-electron chi connectivity index (χ2n) is 6.48. The Kier molecular flexibility index (Phi) is 5.40. The molecule has 1 saturated carbocycles. The van der Waals surface area contributed by atoms with Crippen LogP contribution >= 0.6 is 11.8 Å². The Bertz CT molecular complexity index is 243. The number of hydrogen-bond acceptors (Lipinski definition) is 3. The van der Waals surface area contributed by atoms with E-state index >= 15 is 0 Å². The Morgan fingerprint density at radius 3 is 2.28 bits per heavy atom. The van der Waals surface area contributed by atoms with Crippen molar-refractivity contribution in [2.75, 3.05) is 25.9 Å². The van der Waals surface area contributed by atoms with E-state index in [-0.39, 0.29) is 0 Å². The summed E-state index contributed by atoms with van der Waals surface area (Å²) in [6, 6.07) is 1.52. The van der Waals surface area contributed by atoms with Crippen molar-refractivity contribution in [1.82, 2.24) is 10.2 Å². The zero-order chi connectivity index (χ0) is 13.1. The molecule has 18 heavy (non-hydrogen) atoms. The highest BCUT2D eigenvalue weighted by atomic mass is 32.2. The number of thioether (sulfide) groups is 1. The molecule has 0 radical (unpaired) electrons. The SMILES string of the molecule is CSC(C)CNC1C2CCCC1CN(C(C)C)C2. The largest absolute Gasteiger partial charge is 0.312 e. The minimum Gasteiger partial charge on any atom is -0.312 e. The van der Waals surface area contributed by atoms with E-state index in [2.05, 4.69) is 37.2 Å². The monoisotopic (exact) mass is 270 g/mol. The van der Waals surface area contributed by atoms with Crippen molar-refractivity contribution in [2.24, 2.45) is 11.8 Å². The topological polar surface area (TPSA) is 15.3 Å². The summed E-state index contributed by atoms with van der Waals surface area (Å²) in [6.07, 6.45) is 6.54. The second-order valence-corrected chi connectivity index (χ2v) is 7.76. The zero-order valence-electron chi connectivity index (χ0n) is 12.5. The average Bonchev–Trinajstić information content (AvgIpc) is 2.34. The molecule has 0 aromatic rings. The van der Waals surface area contributed by atoms with Crippen molar-refractivity contribution in [3.05, 3.63) is 0 Å². The van der Waals surface area contributed by atoms with E-state index in [4.69, 9.17) is 0 Å². The molecular weight excluding hydrogens is 240 g/mol. The van der Waals surface area contributed by atoms with Gasteiger partial charge in [-0.15, -0.1) is 0 Å². The van der Waals surface area contributed by atoms with Crippen molar-refractivity contribution >= 4 is 11.8 Å². The summed E-state index contributed by atoms with van der Waals surface area (Å²) >= 11 is 1.97. The van der Waals surface area contributed by atoms with E-state index < -0.39 is 0 Å². The molecule has 2 bridgehead atoms. The molecule has 2 fully saturated rings. The molecule has 1 saturated heterocycles. The van der Waals surface area contributed by atoms with Gasteiger partial charge in [-0.1, -0.05) is 13.3 Å². The van der Waals surface area contributed by atoms with Gasteiger partial charge in [0.15, 0.2) is 0 Å². The molecule has 0 aromatic carbocycles. The highest BCUT2D eigenvalue weighted by Crippen LogP contribution is 2.35. The second kappa shape index (κ2) is 6.62. The van der Waals surface area contributed by atoms with Crippen LogP contribution in [0.15, 0.2) is 0 Å². The summed E-state index contributed by atoms with van der Waals surface area (Å²) in [4.78, 5) is 2.70. The van der Waals surface area contributed by atoms with Crippen molar-refractivity contribution in [3.63, 3.8) is 0 Å². The van der Waals surface area contributed by atoms with Gasteiger partial charge in [-0.3, -0.25) is 0 Å². The highest BCUT2D eigenvalue weighted by Gasteiger charge is 2.39. The molecule has 1 N–H and O–H groups in total. The van der Waals surface area contributed by atoms with Gasteiger partial charge in [0.05, 0.1) is 0 Å². The van der Waals surface area contributed by atoms with Crippen LogP contribution in [-0.4, -0.2) is 48.1 Å². The van der Waals surface area contributed by atoms with Crippen LogP contribution in [0.4, 0.5) is 0 Å². The first kappa shape index (κ1) is 14.7. The number of nitrogens with zero attached hydrogens (tertiary/aromatic N) is 1. The quantitative estimate of drug-likeness (QED) is 0.827. The maximum absolute atomic E-state index is 3.89. The van der Waals surface area contributed by atoms with Gasteiger partial charge in [0.25, 0.3) is 0 Å². The lowest BCUT2D eigenvalue weighted by Crippen LogP contribution is -2.58. The molecule has 3 atom stereocenters. The van der Waals surface area contributed by atoms with Crippen molar-refractivity contribution in [2.45, 2.75) is 57.4 Å². The Morgan fingerprint density at radius 1 is 1.17 bits per heavy atom. The molecule has 0 aromatic heterocycles. The first-order valence-electron chi connectivity index (χ1n) is 7.62. The Labute approximate surface area is 117 Å². The highest BCUT2D eigenvalue weighted by molar-refractivity contribution is 7.99. The van der Waals surface area contributed by atoms with Gasteiger partial charge in [-0.2, -0.15) is 11.8 Å². The molecule has 106 valence electrons. The summed E-state index contributed by atoms with van der Waals surface area (Å²) in [6.45, 7) is 10.8. The van der Waals surface area contributed by atoms with E-state index in [0.29, 0.717) is 0 Å². The number of fused-ring (bicyclic) bond motifs is 2. The lowest BCUT2D eigenvalue weighted by atomic mass is 9.73. The fraction of sp³-hybridized carbons (Fsp3) is 1.00. The maximum Gasteiger partial charge on any atom is 0.0148 e. The Morgan fingerprint density at radius 2 is 1.78 bits per heavy atom. The lowest BCUT2D eigenvalue weighted by Gasteiger charge is -2.49. The Balaban J connectivity index is 1.91. The number of likely N-dealkylation sites (tertiary alicyclic amines) is 1. The predicted octanol–water partition coefficient (Wildman–Crippen LogP) is 2.84. The summed E-state index contributed by atoms with van der Waals surface area (Å²) in [5.41, 5.74) is 0. The van der Waals surface area contributed by atoms with E-state index in [1.165, 1.54) is 38.9 Å². The third-order valence-electron chi connectivity index (χ3n) is 4.88. The molecule has 2 aliphatic rings. The maximum atomic E-state index is 3.89. The molecule has 2 nitrogen and oxygen atoms in total. The van der Waals surface area contributed by atoms with Gasteiger partial charge in [-0.25, -0.2) is 0 Å². The normalized spacial score (nSPS) is 34.8. The van der Waals surface area contributed by atoms with E-state index in [0.717, 1.165) is 29.2 Å². The number of nitrogens with one attached hydrogen (secondary N) is 1. The summed E-state index contributed by atoms with van der Waals surface area (Å²) in [5.74, 6) is 1.79. The van der Waals surface area contributed by atoms with Crippen LogP contribution in [0.25, 0.3) is 0 Å². The molecule has 1 aliphatic carbocycles. The molecule has 1 heterocycles. The van der Waals surface area contributed by atoms with Gasteiger partial charge >= 0.3 is 0 Å².